The van der Waals surface area contributed by atoms with Crippen LogP contribution in [0.1, 0.15) is 29.4 Å². The zero-order valence-electron chi connectivity index (χ0n) is 19.2. The molecule has 3 aromatic rings. The van der Waals surface area contributed by atoms with E-state index in [0.29, 0.717) is 28.0 Å². The molecule has 4 rings (SSSR count). The first-order valence-corrected chi connectivity index (χ1v) is 11.0. The lowest BCUT2D eigenvalue weighted by molar-refractivity contribution is -0.123. The minimum atomic E-state index is -0.798. The molecule has 178 valence electrons. The SMILES string of the molecule is COc1c(C(C)(CNC(=O)C2C=C(c3ccc(F)cc3)ON2)c2cccc(Cl)n2)c(C)nn1C. The Morgan fingerprint density at radius 2 is 2.06 bits per heavy atom. The standard InChI is InChI=1S/C24H25ClFN5O3/c1-14-21(23(33-4)31(3)29-14)24(2,19-6-5-7-20(25)28-19)13-27-22(32)17-12-18(34-30-17)15-8-10-16(26)11-9-15/h5-12,17,30H,13H2,1-4H3,(H,27,32). The van der Waals surface area contributed by atoms with Crippen molar-refractivity contribution in [2.24, 2.45) is 7.05 Å². The first kappa shape index (κ1) is 23.7. The fraction of sp³-hybridized carbons (Fsp3) is 0.292. The Kier molecular flexibility index (Phi) is 6.58. The van der Waals surface area contributed by atoms with E-state index in [1.807, 2.05) is 26.0 Å². The summed E-state index contributed by atoms with van der Waals surface area (Å²) in [5.74, 6) is 0.367. The molecule has 34 heavy (non-hydrogen) atoms. The van der Waals surface area contributed by atoms with Crippen LogP contribution in [0.5, 0.6) is 5.88 Å². The Morgan fingerprint density at radius 1 is 1.32 bits per heavy atom. The molecule has 0 radical (unpaired) electrons. The van der Waals surface area contributed by atoms with Crippen LogP contribution in [0, 0.1) is 12.7 Å². The van der Waals surface area contributed by atoms with Gasteiger partial charge in [-0.3, -0.25) is 4.79 Å². The number of aryl methyl sites for hydroxylation is 2. The maximum Gasteiger partial charge on any atom is 0.244 e. The third-order valence-electron chi connectivity index (χ3n) is 5.84. The van der Waals surface area contributed by atoms with Gasteiger partial charge in [-0.05, 0) is 56.3 Å². The molecule has 0 fully saturated rings. The zero-order chi connectivity index (χ0) is 24.5. The van der Waals surface area contributed by atoms with Gasteiger partial charge in [0, 0.05) is 19.2 Å². The third-order valence-corrected chi connectivity index (χ3v) is 6.05. The van der Waals surface area contributed by atoms with Gasteiger partial charge in [-0.25, -0.2) is 14.1 Å². The van der Waals surface area contributed by atoms with Crippen LogP contribution in [0.25, 0.3) is 5.76 Å². The summed E-state index contributed by atoms with van der Waals surface area (Å²) < 4.78 is 20.5. The predicted octanol–water partition coefficient (Wildman–Crippen LogP) is 3.29. The van der Waals surface area contributed by atoms with Crippen LogP contribution < -0.4 is 15.5 Å². The molecular weight excluding hydrogens is 461 g/mol. The number of hydrogen-bond donors (Lipinski definition) is 2. The molecule has 3 heterocycles. The number of hydroxylamine groups is 1. The average molecular weight is 486 g/mol. The largest absolute Gasteiger partial charge is 0.481 e. The van der Waals surface area contributed by atoms with Crippen molar-refractivity contribution in [2.75, 3.05) is 13.7 Å². The number of carbonyl (C=O) groups excluding carboxylic acids is 1. The molecule has 1 aliphatic rings. The van der Waals surface area contributed by atoms with Gasteiger partial charge < -0.3 is 14.9 Å². The van der Waals surface area contributed by atoms with Crippen molar-refractivity contribution in [2.45, 2.75) is 25.3 Å². The molecule has 2 N–H and O–H groups in total. The Labute approximate surface area is 201 Å². The normalized spacial score (nSPS) is 17.0. The van der Waals surface area contributed by atoms with E-state index in [1.165, 1.54) is 12.1 Å². The third kappa shape index (κ3) is 4.49. The van der Waals surface area contributed by atoms with Crippen LogP contribution >= 0.6 is 11.6 Å². The Balaban J connectivity index is 1.61. The van der Waals surface area contributed by atoms with Crippen molar-refractivity contribution in [1.29, 1.82) is 0 Å². The van der Waals surface area contributed by atoms with Crippen molar-refractivity contribution in [3.8, 4) is 5.88 Å². The molecule has 8 nitrogen and oxygen atoms in total. The number of halogens is 2. The van der Waals surface area contributed by atoms with Crippen molar-refractivity contribution in [3.05, 3.63) is 82.0 Å². The molecule has 1 aromatic carbocycles. The van der Waals surface area contributed by atoms with Gasteiger partial charge in [-0.1, -0.05) is 17.7 Å². The number of rotatable bonds is 7. The summed E-state index contributed by atoms with van der Waals surface area (Å²) in [6.45, 7) is 4.03. The lowest BCUT2D eigenvalue weighted by Gasteiger charge is -2.30. The topological polar surface area (TPSA) is 90.3 Å². The Morgan fingerprint density at radius 3 is 2.74 bits per heavy atom. The zero-order valence-corrected chi connectivity index (χ0v) is 20.0. The van der Waals surface area contributed by atoms with Gasteiger partial charge in [-0.2, -0.15) is 5.10 Å². The lowest BCUT2D eigenvalue weighted by Crippen LogP contribution is -2.46. The van der Waals surface area contributed by atoms with Gasteiger partial charge in [0.2, 0.25) is 11.8 Å². The minimum absolute atomic E-state index is 0.194. The molecule has 0 spiro atoms. The minimum Gasteiger partial charge on any atom is -0.481 e. The number of hydrogen-bond acceptors (Lipinski definition) is 6. The van der Waals surface area contributed by atoms with Crippen molar-refractivity contribution < 1.29 is 18.8 Å². The molecule has 0 bridgehead atoms. The summed E-state index contributed by atoms with van der Waals surface area (Å²) in [7, 11) is 3.37. The van der Waals surface area contributed by atoms with Crippen LogP contribution in [-0.2, 0) is 22.1 Å². The highest BCUT2D eigenvalue weighted by Gasteiger charge is 2.39. The maximum absolute atomic E-state index is 13.2. The number of nitrogens with zero attached hydrogens (tertiary/aromatic N) is 3. The number of carbonyl (C=O) groups is 1. The first-order valence-electron chi connectivity index (χ1n) is 10.6. The summed E-state index contributed by atoms with van der Waals surface area (Å²) in [6.07, 6.45) is 1.65. The van der Waals surface area contributed by atoms with Gasteiger partial charge in [0.1, 0.15) is 17.0 Å². The summed E-state index contributed by atoms with van der Waals surface area (Å²) in [5.41, 5.74) is 4.77. The van der Waals surface area contributed by atoms with Crippen LogP contribution in [0.4, 0.5) is 4.39 Å². The van der Waals surface area contributed by atoms with Crippen molar-refractivity contribution in [3.63, 3.8) is 0 Å². The number of aromatic nitrogens is 3. The first-order chi connectivity index (χ1) is 16.2. The second-order valence-electron chi connectivity index (χ2n) is 8.22. The number of amides is 1. The summed E-state index contributed by atoms with van der Waals surface area (Å²) in [6, 6.07) is 10.5. The summed E-state index contributed by atoms with van der Waals surface area (Å²) >= 11 is 6.20. The van der Waals surface area contributed by atoms with Gasteiger partial charge in [0.15, 0.2) is 5.76 Å². The van der Waals surface area contributed by atoms with Crippen LogP contribution in [0.15, 0.2) is 48.5 Å². The van der Waals surface area contributed by atoms with Crippen LogP contribution in [0.3, 0.4) is 0 Å². The number of benzene rings is 1. The van der Waals surface area contributed by atoms with E-state index in [4.69, 9.17) is 21.2 Å². The van der Waals surface area contributed by atoms with Crippen LogP contribution in [0.2, 0.25) is 5.15 Å². The fourth-order valence-electron chi connectivity index (χ4n) is 4.15. The molecule has 1 aliphatic heterocycles. The van der Waals surface area contributed by atoms with E-state index in [-0.39, 0.29) is 18.3 Å². The quantitative estimate of drug-likeness (QED) is 0.499. The smallest absolute Gasteiger partial charge is 0.244 e. The number of nitrogens with one attached hydrogen (secondary N) is 2. The van der Waals surface area contributed by atoms with E-state index in [2.05, 4.69) is 20.9 Å². The molecule has 2 atom stereocenters. The summed E-state index contributed by atoms with van der Waals surface area (Å²) in [4.78, 5) is 23.0. The number of methoxy groups -OCH3 is 1. The second-order valence-corrected chi connectivity index (χ2v) is 8.61. The predicted molar refractivity (Wildman–Crippen MR) is 126 cm³/mol. The van der Waals surface area contributed by atoms with E-state index < -0.39 is 11.5 Å². The highest BCUT2D eigenvalue weighted by atomic mass is 35.5. The Bertz CT molecular complexity index is 1240. The monoisotopic (exact) mass is 485 g/mol. The Hall–Kier alpha value is -3.43. The molecule has 2 aromatic heterocycles. The fourth-order valence-corrected chi connectivity index (χ4v) is 4.31. The lowest BCUT2D eigenvalue weighted by atomic mass is 9.78. The second kappa shape index (κ2) is 9.44. The summed E-state index contributed by atoms with van der Waals surface area (Å²) in [5, 5.41) is 7.83. The van der Waals surface area contributed by atoms with Crippen molar-refractivity contribution in [1.82, 2.24) is 25.6 Å². The van der Waals surface area contributed by atoms with Gasteiger partial charge in [-0.15, -0.1) is 5.48 Å². The molecule has 1 amide bonds. The number of pyridine rings is 1. The average Bonchev–Trinajstić information content (AvgIpc) is 3.42. The van der Waals surface area contributed by atoms with Crippen LogP contribution in [-0.4, -0.2) is 40.4 Å². The van der Waals surface area contributed by atoms with Gasteiger partial charge in [0.05, 0.1) is 29.5 Å². The van der Waals surface area contributed by atoms with E-state index in [0.717, 1.165) is 11.3 Å². The number of ether oxygens (including phenoxy) is 1. The molecule has 10 heteroatoms. The van der Waals surface area contributed by atoms with Gasteiger partial charge in [0.25, 0.3) is 0 Å². The van der Waals surface area contributed by atoms with E-state index >= 15 is 0 Å². The molecule has 0 saturated heterocycles. The van der Waals surface area contributed by atoms with Crippen molar-refractivity contribution >= 4 is 23.3 Å². The van der Waals surface area contributed by atoms with E-state index in [9.17, 15) is 9.18 Å². The highest BCUT2D eigenvalue weighted by Crippen LogP contribution is 2.39. The maximum atomic E-state index is 13.2. The molecule has 0 aliphatic carbocycles. The molecule has 2 unspecified atom stereocenters. The molecular formula is C24H25ClFN5O3. The van der Waals surface area contributed by atoms with E-state index in [1.54, 1.807) is 43.1 Å². The highest BCUT2D eigenvalue weighted by molar-refractivity contribution is 6.29. The van der Waals surface area contributed by atoms with Gasteiger partial charge >= 0.3 is 0 Å². The molecule has 0 saturated carbocycles.